The molecule has 0 heterocycles. The van der Waals surface area contributed by atoms with Gasteiger partial charge >= 0.3 is 5.97 Å². The molecule has 0 bridgehead atoms. The van der Waals surface area contributed by atoms with E-state index in [1.165, 1.54) is 13.2 Å². The topological polar surface area (TPSA) is 105 Å². The van der Waals surface area contributed by atoms with Crippen molar-refractivity contribution < 1.29 is 24.2 Å². The Labute approximate surface area is 198 Å². The maximum absolute atomic E-state index is 13.1. The van der Waals surface area contributed by atoms with E-state index >= 15 is 0 Å². The summed E-state index contributed by atoms with van der Waals surface area (Å²) < 4.78 is 5.35. The number of carbonyl (C=O) groups excluding carboxylic acids is 2. The highest BCUT2D eigenvalue weighted by Gasteiger charge is 2.18. The molecule has 0 aliphatic heterocycles. The monoisotopic (exact) mass is 460 g/mol. The number of nitrogens with one attached hydrogen (secondary N) is 2. The van der Waals surface area contributed by atoms with Crippen molar-refractivity contribution >= 4 is 29.2 Å². The molecule has 7 heteroatoms. The summed E-state index contributed by atoms with van der Waals surface area (Å²) in [7, 11) is 1.45. The zero-order valence-corrected chi connectivity index (χ0v) is 19.3. The highest BCUT2D eigenvalue weighted by atomic mass is 16.5. The highest BCUT2D eigenvalue weighted by Crippen LogP contribution is 2.25. The first-order chi connectivity index (χ1) is 16.4. The maximum atomic E-state index is 13.1. The van der Waals surface area contributed by atoms with Crippen LogP contribution in [-0.2, 0) is 17.6 Å². The van der Waals surface area contributed by atoms with E-state index in [0.717, 1.165) is 24.1 Å². The van der Waals surface area contributed by atoms with Crippen LogP contribution >= 0.6 is 0 Å². The summed E-state index contributed by atoms with van der Waals surface area (Å²) >= 11 is 0. The Morgan fingerprint density at radius 3 is 2.00 bits per heavy atom. The number of aliphatic carboxylic acids is 1. The van der Waals surface area contributed by atoms with Crippen molar-refractivity contribution in [1.29, 1.82) is 0 Å². The number of rotatable bonds is 10. The molecule has 0 aromatic heterocycles. The second-order valence-electron chi connectivity index (χ2n) is 7.78. The number of aryl methyl sites for hydroxylation is 2. The molecule has 0 aliphatic carbocycles. The quantitative estimate of drug-likeness (QED) is 0.387. The van der Waals surface area contributed by atoms with Gasteiger partial charge in [0.1, 0.15) is 5.75 Å². The lowest BCUT2D eigenvalue weighted by Crippen LogP contribution is -2.18. The molecule has 3 rings (SSSR count). The number of carboxylic acids is 1. The number of carboxylic acid groups (broad SMARTS) is 1. The first-order valence-electron chi connectivity index (χ1n) is 11.1. The van der Waals surface area contributed by atoms with Crippen LogP contribution in [0, 0.1) is 0 Å². The summed E-state index contributed by atoms with van der Waals surface area (Å²) in [4.78, 5) is 37.0. The third-order valence-electron chi connectivity index (χ3n) is 5.36. The Hall–Kier alpha value is -4.13. The van der Waals surface area contributed by atoms with Crippen LogP contribution in [0.5, 0.6) is 5.75 Å². The van der Waals surface area contributed by atoms with Crippen molar-refractivity contribution in [2.75, 3.05) is 17.7 Å². The zero-order valence-electron chi connectivity index (χ0n) is 19.3. The van der Waals surface area contributed by atoms with Crippen molar-refractivity contribution in [3.05, 3.63) is 89.0 Å². The van der Waals surface area contributed by atoms with Crippen molar-refractivity contribution in [3.63, 3.8) is 0 Å². The minimum Gasteiger partial charge on any atom is -0.496 e. The molecule has 0 saturated carbocycles. The van der Waals surface area contributed by atoms with Crippen LogP contribution in [-0.4, -0.2) is 30.0 Å². The van der Waals surface area contributed by atoms with E-state index in [4.69, 9.17) is 9.84 Å². The van der Waals surface area contributed by atoms with Gasteiger partial charge in [-0.05, 0) is 54.3 Å². The van der Waals surface area contributed by atoms with Gasteiger partial charge in [-0.3, -0.25) is 14.4 Å². The predicted octanol–water partition coefficient (Wildman–Crippen LogP) is 5.17. The number of ether oxygens (including phenoxy) is 1. The standard InChI is InChI=1S/C27H28N2O5/c1-3-8-18-9-4-6-11-22(18)28-26(32)20-13-15-24(34-2)21(17-20)27(33)29-23-12-7-5-10-19(23)14-16-25(30)31/h4-7,9-13,15,17H,3,8,14,16H2,1-2H3,(H,28,32)(H,29,33)(H,30,31). The molecule has 3 aromatic rings. The lowest BCUT2D eigenvalue weighted by molar-refractivity contribution is -0.136. The van der Waals surface area contributed by atoms with E-state index in [2.05, 4.69) is 17.6 Å². The van der Waals surface area contributed by atoms with Crippen LogP contribution in [0.25, 0.3) is 0 Å². The van der Waals surface area contributed by atoms with E-state index in [1.807, 2.05) is 24.3 Å². The zero-order chi connectivity index (χ0) is 24.5. The first kappa shape index (κ1) is 24.5. The van der Waals surface area contributed by atoms with Crippen LogP contribution in [0.4, 0.5) is 11.4 Å². The smallest absolute Gasteiger partial charge is 0.303 e. The van der Waals surface area contributed by atoms with Crippen LogP contribution in [0.2, 0.25) is 0 Å². The third-order valence-corrected chi connectivity index (χ3v) is 5.36. The minimum atomic E-state index is -0.915. The van der Waals surface area contributed by atoms with Crippen molar-refractivity contribution in [1.82, 2.24) is 0 Å². The van der Waals surface area contributed by atoms with Gasteiger partial charge in [0.2, 0.25) is 0 Å². The van der Waals surface area contributed by atoms with Gasteiger partial charge in [0.15, 0.2) is 0 Å². The summed E-state index contributed by atoms with van der Waals surface area (Å²) in [6.07, 6.45) is 2.02. The van der Waals surface area contributed by atoms with Gasteiger partial charge in [-0.15, -0.1) is 0 Å². The molecule has 0 saturated heterocycles. The molecule has 0 atom stereocenters. The molecule has 0 fully saturated rings. The normalized spacial score (nSPS) is 10.4. The van der Waals surface area contributed by atoms with Gasteiger partial charge in [-0.1, -0.05) is 49.7 Å². The molecule has 176 valence electrons. The van der Waals surface area contributed by atoms with E-state index < -0.39 is 11.9 Å². The summed E-state index contributed by atoms with van der Waals surface area (Å²) in [6.45, 7) is 2.08. The maximum Gasteiger partial charge on any atom is 0.303 e. The Morgan fingerprint density at radius 1 is 0.824 bits per heavy atom. The number of methoxy groups -OCH3 is 1. The fourth-order valence-electron chi connectivity index (χ4n) is 3.64. The highest BCUT2D eigenvalue weighted by molar-refractivity contribution is 6.10. The minimum absolute atomic E-state index is 0.0502. The van der Waals surface area contributed by atoms with Gasteiger partial charge in [0.25, 0.3) is 11.8 Å². The summed E-state index contributed by atoms with van der Waals surface area (Å²) in [5.41, 5.74) is 3.52. The first-order valence-corrected chi connectivity index (χ1v) is 11.1. The van der Waals surface area contributed by atoms with Crippen LogP contribution in [0.1, 0.15) is 51.6 Å². The van der Waals surface area contributed by atoms with Crippen LogP contribution in [0.15, 0.2) is 66.7 Å². The second-order valence-corrected chi connectivity index (χ2v) is 7.78. The van der Waals surface area contributed by atoms with Gasteiger partial charge in [0, 0.05) is 23.4 Å². The molecule has 3 N–H and O–H groups in total. The van der Waals surface area contributed by atoms with Gasteiger partial charge < -0.3 is 20.5 Å². The Morgan fingerprint density at radius 2 is 1.41 bits per heavy atom. The van der Waals surface area contributed by atoms with Crippen molar-refractivity contribution in [2.45, 2.75) is 32.6 Å². The van der Waals surface area contributed by atoms with Crippen molar-refractivity contribution in [3.8, 4) is 5.75 Å². The molecule has 0 unspecified atom stereocenters. The fraction of sp³-hybridized carbons (Fsp3) is 0.222. The molecular formula is C27H28N2O5. The number of anilines is 2. The van der Waals surface area contributed by atoms with Gasteiger partial charge in [0.05, 0.1) is 12.7 Å². The van der Waals surface area contributed by atoms with Crippen molar-refractivity contribution in [2.24, 2.45) is 0 Å². The lowest BCUT2D eigenvalue weighted by atomic mass is 10.0. The molecule has 2 amide bonds. The molecule has 7 nitrogen and oxygen atoms in total. The average Bonchev–Trinajstić information content (AvgIpc) is 2.84. The predicted molar refractivity (Wildman–Crippen MR) is 132 cm³/mol. The summed E-state index contributed by atoms with van der Waals surface area (Å²) in [5, 5.41) is 14.7. The Bertz CT molecular complexity index is 1190. The number of carbonyl (C=O) groups is 3. The number of hydrogen-bond donors (Lipinski definition) is 3. The molecular weight excluding hydrogens is 432 g/mol. The number of benzene rings is 3. The Kier molecular flexibility index (Phi) is 8.40. The summed E-state index contributed by atoms with van der Waals surface area (Å²) in [5.74, 6) is -1.38. The molecule has 34 heavy (non-hydrogen) atoms. The molecule has 0 radical (unpaired) electrons. The number of amides is 2. The van der Waals surface area contributed by atoms with Gasteiger partial charge in [-0.2, -0.15) is 0 Å². The Balaban J connectivity index is 1.84. The second kappa shape index (κ2) is 11.7. The summed E-state index contributed by atoms with van der Waals surface area (Å²) in [6, 6.07) is 19.3. The third kappa shape index (κ3) is 6.22. The van der Waals surface area contributed by atoms with E-state index in [9.17, 15) is 14.4 Å². The molecule has 3 aromatic carbocycles. The lowest BCUT2D eigenvalue weighted by Gasteiger charge is -2.14. The van der Waals surface area contributed by atoms with E-state index in [0.29, 0.717) is 22.6 Å². The van der Waals surface area contributed by atoms with E-state index in [1.54, 1.807) is 36.4 Å². The SMILES string of the molecule is CCCc1ccccc1NC(=O)c1ccc(OC)c(C(=O)Nc2ccccc2CCC(=O)O)c1. The van der Waals surface area contributed by atoms with E-state index in [-0.39, 0.29) is 24.3 Å². The number of hydrogen-bond acceptors (Lipinski definition) is 4. The molecule has 0 aliphatic rings. The number of para-hydroxylation sites is 2. The largest absolute Gasteiger partial charge is 0.496 e. The van der Waals surface area contributed by atoms with Crippen LogP contribution in [0.3, 0.4) is 0 Å². The molecule has 0 spiro atoms. The van der Waals surface area contributed by atoms with Crippen LogP contribution < -0.4 is 15.4 Å². The average molecular weight is 461 g/mol. The fourth-order valence-corrected chi connectivity index (χ4v) is 3.64. The van der Waals surface area contributed by atoms with Gasteiger partial charge in [-0.25, -0.2) is 0 Å².